The number of benzene rings is 1. The van der Waals surface area contributed by atoms with Gasteiger partial charge in [0.2, 0.25) is 5.91 Å². The van der Waals surface area contributed by atoms with Crippen molar-refractivity contribution in [2.45, 2.75) is 33.2 Å². The Balaban J connectivity index is 1.53. The normalized spacial score (nSPS) is 18.5. The fraction of sp³-hybridized carbons (Fsp3) is 0.650. The van der Waals surface area contributed by atoms with Crippen LogP contribution in [0, 0.1) is 11.8 Å². The highest BCUT2D eigenvalue weighted by atomic mass is 16.5. The van der Waals surface area contributed by atoms with Gasteiger partial charge >= 0.3 is 0 Å². The third kappa shape index (κ3) is 4.88. The molecule has 2 fully saturated rings. The number of rotatable bonds is 7. The van der Waals surface area contributed by atoms with E-state index in [-0.39, 0.29) is 0 Å². The zero-order valence-electron chi connectivity index (χ0n) is 15.7. The summed E-state index contributed by atoms with van der Waals surface area (Å²) in [6.07, 6.45) is 2.17. The van der Waals surface area contributed by atoms with Gasteiger partial charge in [-0.3, -0.25) is 9.69 Å². The quantitative estimate of drug-likeness (QED) is 0.761. The summed E-state index contributed by atoms with van der Waals surface area (Å²) < 4.78 is 11.3. The summed E-state index contributed by atoms with van der Waals surface area (Å²) in [5, 5.41) is 0. The monoisotopic (exact) mass is 346 g/mol. The van der Waals surface area contributed by atoms with E-state index in [2.05, 4.69) is 30.9 Å². The SMILES string of the molecule is COc1cc(CN2CCN(C(=O)C3CC3)CC2)ccc1OCC(C)C. The Kier molecular flexibility index (Phi) is 5.84. The molecule has 0 radical (unpaired) electrons. The average molecular weight is 346 g/mol. The van der Waals surface area contributed by atoms with E-state index in [1.54, 1.807) is 7.11 Å². The minimum Gasteiger partial charge on any atom is -0.493 e. The highest BCUT2D eigenvalue weighted by molar-refractivity contribution is 5.81. The van der Waals surface area contributed by atoms with Crippen LogP contribution in [0.25, 0.3) is 0 Å². The Labute approximate surface area is 150 Å². The van der Waals surface area contributed by atoms with Gasteiger partial charge in [0.05, 0.1) is 13.7 Å². The molecule has 138 valence electrons. The van der Waals surface area contributed by atoms with E-state index in [9.17, 15) is 4.79 Å². The van der Waals surface area contributed by atoms with E-state index in [0.29, 0.717) is 24.3 Å². The van der Waals surface area contributed by atoms with E-state index in [4.69, 9.17) is 9.47 Å². The van der Waals surface area contributed by atoms with Crippen molar-refractivity contribution >= 4 is 5.91 Å². The van der Waals surface area contributed by atoms with Crippen molar-refractivity contribution in [3.8, 4) is 11.5 Å². The molecule has 0 unspecified atom stereocenters. The molecule has 2 aliphatic rings. The van der Waals surface area contributed by atoms with Crippen molar-refractivity contribution in [2.24, 2.45) is 11.8 Å². The fourth-order valence-electron chi connectivity index (χ4n) is 3.16. The summed E-state index contributed by atoms with van der Waals surface area (Å²) in [6.45, 7) is 9.41. The number of hydrogen-bond donors (Lipinski definition) is 0. The van der Waals surface area contributed by atoms with Crippen molar-refractivity contribution in [3.05, 3.63) is 23.8 Å². The molecule has 1 saturated carbocycles. The van der Waals surface area contributed by atoms with Gasteiger partial charge < -0.3 is 14.4 Å². The first-order valence-electron chi connectivity index (χ1n) is 9.37. The second kappa shape index (κ2) is 8.09. The number of methoxy groups -OCH3 is 1. The Bertz CT molecular complexity index is 591. The smallest absolute Gasteiger partial charge is 0.225 e. The van der Waals surface area contributed by atoms with Gasteiger partial charge in [0, 0.05) is 38.6 Å². The predicted octanol–water partition coefficient (Wildman–Crippen LogP) is 2.78. The first-order chi connectivity index (χ1) is 12.1. The number of hydrogen-bond acceptors (Lipinski definition) is 4. The topological polar surface area (TPSA) is 42.0 Å². The molecule has 5 heteroatoms. The van der Waals surface area contributed by atoms with Crippen LogP contribution in [-0.2, 0) is 11.3 Å². The van der Waals surface area contributed by atoms with E-state index in [1.165, 1.54) is 5.56 Å². The highest BCUT2D eigenvalue weighted by Gasteiger charge is 2.34. The Hall–Kier alpha value is -1.75. The van der Waals surface area contributed by atoms with E-state index in [1.807, 2.05) is 11.0 Å². The maximum absolute atomic E-state index is 12.1. The fourth-order valence-corrected chi connectivity index (χ4v) is 3.16. The molecule has 1 heterocycles. The minimum atomic E-state index is 0.328. The molecule has 3 rings (SSSR count). The van der Waals surface area contributed by atoms with Crippen LogP contribution in [0.2, 0.25) is 0 Å². The molecular formula is C20H30N2O3. The summed E-state index contributed by atoms with van der Waals surface area (Å²) >= 11 is 0. The first kappa shape index (κ1) is 18.1. The molecule has 1 aliphatic heterocycles. The summed E-state index contributed by atoms with van der Waals surface area (Å²) in [6, 6.07) is 6.18. The standard InChI is InChI=1S/C20H30N2O3/c1-15(2)14-25-18-7-4-16(12-19(18)24-3)13-21-8-10-22(11-9-21)20(23)17-5-6-17/h4,7,12,15,17H,5-6,8-11,13-14H2,1-3H3. The zero-order valence-corrected chi connectivity index (χ0v) is 15.7. The number of carbonyl (C=O) groups is 1. The third-order valence-electron chi connectivity index (χ3n) is 4.82. The number of nitrogens with zero attached hydrogens (tertiary/aromatic N) is 2. The number of carbonyl (C=O) groups excluding carboxylic acids is 1. The lowest BCUT2D eigenvalue weighted by molar-refractivity contribution is -0.134. The van der Waals surface area contributed by atoms with Crippen LogP contribution >= 0.6 is 0 Å². The lowest BCUT2D eigenvalue weighted by Crippen LogP contribution is -2.48. The van der Waals surface area contributed by atoms with E-state index in [0.717, 1.165) is 57.1 Å². The maximum Gasteiger partial charge on any atom is 0.225 e. The number of amides is 1. The van der Waals surface area contributed by atoms with Crippen molar-refractivity contribution in [2.75, 3.05) is 39.9 Å². The van der Waals surface area contributed by atoms with Crippen molar-refractivity contribution in [1.82, 2.24) is 9.80 Å². The lowest BCUT2D eigenvalue weighted by atomic mass is 10.1. The van der Waals surface area contributed by atoms with Crippen LogP contribution in [-0.4, -0.2) is 55.6 Å². The van der Waals surface area contributed by atoms with Gasteiger partial charge in [0.1, 0.15) is 0 Å². The van der Waals surface area contributed by atoms with E-state index >= 15 is 0 Å². The Morgan fingerprint density at radius 2 is 1.88 bits per heavy atom. The van der Waals surface area contributed by atoms with Gasteiger partial charge in [0.15, 0.2) is 11.5 Å². The molecule has 5 nitrogen and oxygen atoms in total. The van der Waals surface area contributed by atoms with Gasteiger partial charge in [-0.1, -0.05) is 19.9 Å². The Morgan fingerprint density at radius 3 is 2.48 bits per heavy atom. The van der Waals surface area contributed by atoms with Crippen LogP contribution in [0.4, 0.5) is 0 Å². The van der Waals surface area contributed by atoms with Gasteiger partial charge in [-0.25, -0.2) is 0 Å². The van der Waals surface area contributed by atoms with Crippen molar-refractivity contribution in [1.29, 1.82) is 0 Å². The molecule has 1 amide bonds. The molecule has 1 aromatic carbocycles. The van der Waals surface area contributed by atoms with Crippen LogP contribution < -0.4 is 9.47 Å². The van der Waals surface area contributed by atoms with Crippen molar-refractivity contribution in [3.63, 3.8) is 0 Å². The van der Waals surface area contributed by atoms with Gasteiger partial charge in [-0.2, -0.15) is 0 Å². The number of piperazine rings is 1. The molecule has 0 N–H and O–H groups in total. The Morgan fingerprint density at radius 1 is 1.16 bits per heavy atom. The van der Waals surface area contributed by atoms with Crippen LogP contribution in [0.1, 0.15) is 32.3 Å². The predicted molar refractivity (Wildman–Crippen MR) is 97.9 cm³/mol. The lowest BCUT2D eigenvalue weighted by Gasteiger charge is -2.35. The van der Waals surface area contributed by atoms with E-state index < -0.39 is 0 Å². The summed E-state index contributed by atoms with van der Waals surface area (Å²) in [5.74, 6) is 2.78. The maximum atomic E-state index is 12.1. The van der Waals surface area contributed by atoms with Gasteiger partial charge in [0.25, 0.3) is 0 Å². The second-order valence-electron chi connectivity index (χ2n) is 7.57. The molecule has 0 atom stereocenters. The minimum absolute atomic E-state index is 0.328. The van der Waals surface area contributed by atoms with Gasteiger partial charge in [-0.05, 0) is 36.5 Å². The van der Waals surface area contributed by atoms with Crippen LogP contribution in [0.5, 0.6) is 11.5 Å². The van der Waals surface area contributed by atoms with Crippen LogP contribution in [0.3, 0.4) is 0 Å². The molecule has 0 bridgehead atoms. The molecule has 1 aliphatic carbocycles. The number of ether oxygens (including phenoxy) is 2. The highest BCUT2D eigenvalue weighted by Crippen LogP contribution is 2.32. The summed E-state index contributed by atoms with van der Waals surface area (Å²) in [5.41, 5.74) is 1.22. The van der Waals surface area contributed by atoms with Crippen molar-refractivity contribution < 1.29 is 14.3 Å². The molecule has 1 aromatic rings. The average Bonchev–Trinajstić information content (AvgIpc) is 3.45. The molecule has 0 spiro atoms. The second-order valence-corrected chi connectivity index (χ2v) is 7.57. The third-order valence-corrected chi connectivity index (χ3v) is 4.82. The molecule has 25 heavy (non-hydrogen) atoms. The summed E-state index contributed by atoms with van der Waals surface area (Å²) in [7, 11) is 1.68. The van der Waals surface area contributed by atoms with Gasteiger partial charge in [-0.15, -0.1) is 0 Å². The largest absolute Gasteiger partial charge is 0.493 e. The van der Waals surface area contributed by atoms with Crippen LogP contribution in [0.15, 0.2) is 18.2 Å². The molecule has 0 aromatic heterocycles. The first-order valence-corrected chi connectivity index (χ1v) is 9.37. The summed E-state index contributed by atoms with van der Waals surface area (Å²) in [4.78, 5) is 16.6. The molecule has 1 saturated heterocycles. The molecular weight excluding hydrogens is 316 g/mol. The zero-order chi connectivity index (χ0) is 17.8.